The molecule has 109 heavy (non-hydrogen) atoms. The first-order chi connectivity index (χ1) is 51.2. The van der Waals surface area contributed by atoms with Crippen LogP contribution in [0.5, 0.6) is 29.0 Å². The smallest absolute Gasteiger partial charge is 0.312 e. The lowest BCUT2D eigenvalue weighted by molar-refractivity contribution is -0.157. The number of carboxylic acid groups (broad SMARTS) is 1. The lowest BCUT2D eigenvalue weighted by atomic mass is 9.77. The number of amides is 2. The Morgan fingerprint density at radius 3 is 1.56 bits per heavy atom. The van der Waals surface area contributed by atoms with Gasteiger partial charge in [0.1, 0.15) is 64.3 Å². The van der Waals surface area contributed by atoms with Gasteiger partial charge in [0.05, 0.1) is 93.2 Å². The first-order valence-electron chi connectivity index (χ1n) is 38.8. The minimum atomic E-state index is -1.14. The van der Waals surface area contributed by atoms with Crippen molar-refractivity contribution in [3.8, 4) is 29.0 Å². The number of Topliss-reactive ketones (excluding diaryl/α,β-unsaturated/α-hetero) is 2. The van der Waals surface area contributed by atoms with E-state index in [1.54, 1.807) is 49.5 Å². The van der Waals surface area contributed by atoms with Crippen molar-refractivity contribution in [2.75, 3.05) is 74.1 Å². The number of pyridine rings is 2. The fourth-order valence-corrected chi connectivity index (χ4v) is 17.6. The summed E-state index contributed by atoms with van der Waals surface area (Å²) in [6.45, 7) is 24.1. The topological polar surface area (TPSA) is 301 Å². The number of esters is 3. The number of benzene rings is 2. The lowest BCUT2D eigenvalue weighted by Crippen LogP contribution is -2.48. The van der Waals surface area contributed by atoms with Crippen molar-refractivity contribution in [1.29, 1.82) is 0 Å². The number of carboxylic acids is 1. The summed E-state index contributed by atoms with van der Waals surface area (Å²) in [6.07, 6.45) is 8.47. The maximum Gasteiger partial charge on any atom is 0.312 e. The maximum absolute atomic E-state index is 14.6. The lowest BCUT2D eigenvalue weighted by Gasteiger charge is -2.35. The molecule has 0 radical (unpaired) electrons. The van der Waals surface area contributed by atoms with E-state index < -0.39 is 63.6 Å². The van der Waals surface area contributed by atoms with Crippen LogP contribution in [0.25, 0.3) is 21.8 Å². The van der Waals surface area contributed by atoms with Gasteiger partial charge in [-0.05, 0) is 148 Å². The summed E-state index contributed by atoms with van der Waals surface area (Å²) in [5, 5.41) is 11.9. The maximum atomic E-state index is 14.6. The third-order valence-electron chi connectivity index (χ3n) is 23.6. The Morgan fingerprint density at radius 2 is 1.08 bits per heavy atom. The Bertz CT molecular complexity index is 4000. The number of carbonyl (C=O) groups is 8. The number of methoxy groups -OCH3 is 3. The molecule has 0 bridgehead atoms. The molecule has 24 nitrogen and oxygen atoms in total. The van der Waals surface area contributed by atoms with Crippen LogP contribution in [-0.4, -0.2) is 177 Å². The molecule has 2 unspecified atom stereocenters. The number of aromatic nitrogens is 2. The molecule has 8 fully saturated rings. The highest BCUT2D eigenvalue weighted by molar-refractivity contribution is 6.37. The number of hydrogen-bond donors (Lipinski definition) is 2. The number of likely N-dealkylation sites (tertiary alicyclic amines) is 2. The third-order valence-corrected chi connectivity index (χ3v) is 24.4. The van der Waals surface area contributed by atoms with Crippen molar-refractivity contribution in [1.82, 2.24) is 19.8 Å². The second-order valence-corrected chi connectivity index (χ2v) is 34.1. The molecule has 16 atom stereocenters. The minimum absolute atomic E-state index is 0. The van der Waals surface area contributed by atoms with Crippen LogP contribution in [-0.2, 0) is 62.0 Å². The Labute approximate surface area is 650 Å². The number of halogens is 2. The Morgan fingerprint density at radius 1 is 0.596 bits per heavy atom. The molecule has 2 aromatic carbocycles. The summed E-state index contributed by atoms with van der Waals surface area (Å²) in [5.74, 6) is 0.672. The Balaban J connectivity index is 0.000000209. The molecule has 2 saturated heterocycles. The molecule has 2 amide bonds. The van der Waals surface area contributed by atoms with Crippen LogP contribution in [0.1, 0.15) is 186 Å². The molecule has 6 saturated carbocycles. The standard InChI is InChI=1S/C40H53ClN2O10.C28H43NO6.C14H16ClNO4.CH4/c1-7-24-19-40(24,38(47)48)20-30(44)29-16-26(21-43(29)37(46)28(39(3,4)5)17-34(45)53-25-14-22-13-23(22)15-25)52-32-18-33(50-8-2)42-36-27(32)9-10-31(35(36)41)51-12-11-49-6;1-7-19-13-28(19,26(33)34-6)14-23(30)22-8-16(2)15-29(22)25(32)21(27(3,4)5)12-24(31)35-20-10-17-9-18(17)11-20;1-3-19-12-8-10(17)9-4-5-11(20-7-6-18-2)13(15)14(9)16-12;/h9-10,18,22-26,28-29H,7-8,11-17,19-21H2,1-6H3,(H,47,48);16-22H,7-15H2,1-6H3;4-5,8H,3,6-7H2,1-2H3,(H,16,17);1H4/t22-,23+,24-,25?,26-,28-,29+,40-;16-,17-,18+,19+,20?,21+,22-,28+;;/m10../s1. The Kier molecular flexibility index (Phi) is 28.3. The van der Waals surface area contributed by atoms with Gasteiger partial charge >= 0.3 is 23.9 Å². The van der Waals surface area contributed by atoms with Crippen LogP contribution in [0.2, 0.25) is 10.0 Å². The SMILES string of the molecule is C.CCOc1cc(=O)c2ccc(OCCOC)c(Cl)c2[nH]1.CCOc1cc(O[C@@H]2C[C@@H](C(=O)C[C@]3(C(=O)O)C[C@H]3CC)N(C(=O)[C@@H](CC(=O)OC3C[C@@H]4C[C@@H]4C3)C(C)(C)C)C2)c2ccc(OCCOC)c(Cl)c2n1.CC[C@@H]1C[C@]1(CC(=O)[C@@H]1C[C@H](C)CN1C(=O)[C@@H](CC(=O)OC1C[C@@H]2C[C@@H]2C1)C(C)(C)C)C(=O)OC. The van der Waals surface area contributed by atoms with E-state index in [2.05, 4.69) is 9.97 Å². The molecule has 2 aliphatic heterocycles. The van der Waals surface area contributed by atoms with Gasteiger partial charge in [-0.25, -0.2) is 4.98 Å². The van der Waals surface area contributed by atoms with E-state index in [0.29, 0.717) is 127 Å². The zero-order valence-corrected chi connectivity index (χ0v) is 66.8. The zero-order chi connectivity index (χ0) is 78.5. The number of nitrogens with one attached hydrogen (secondary N) is 1. The molecule has 12 rings (SSSR count). The van der Waals surface area contributed by atoms with Gasteiger partial charge in [0.15, 0.2) is 22.9 Å². The van der Waals surface area contributed by atoms with Gasteiger partial charge in [-0.3, -0.25) is 43.2 Å². The number of carbonyl (C=O) groups excluding carboxylic acids is 7. The molecule has 602 valence electrons. The van der Waals surface area contributed by atoms with Gasteiger partial charge in [0.2, 0.25) is 17.7 Å². The van der Waals surface area contributed by atoms with Gasteiger partial charge in [0.25, 0.3) is 0 Å². The predicted octanol–water partition coefficient (Wildman–Crippen LogP) is 13.9. The number of hydrogen-bond acceptors (Lipinski definition) is 20. The van der Waals surface area contributed by atoms with Crippen molar-refractivity contribution in [3.63, 3.8) is 0 Å². The molecular formula is C83H116Cl2N4O20. The Hall–Kier alpha value is -7.28. The highest BCUT2D eigenvalue weighted by atomic mass is 35.5. The van der Waals surface area contributed by atoms with Gasteiger partial charge in [-0.15, -0.1) is 0 Å². The summed E-state index contributed by atoms with van der Waals surface area (Å²) in [5.41, 5.74) is -2.21. The van der Waals surface area contributed by atoms with Crippen LogP contribution in [0.15, 0.2) is 41.2 Å². The second kappa shape index (κ2) is 36.0. The number of aromatic amines is 1. The summed E-state index contributed by atoms with van der Waals surface area (Å²) < 4.78 is 55.7. The van der Waals surface area contributed by atoms with E-state index in [-0.39, 0.29) is 134 Å². The number of rotatable bonds is 32. The summed E-state index contributed by atoms with van der Waals surface area (Å²) in [7, 11) is 4.54. The highest BCUT2D eigenvalue weighted by Crippen LogP contribution is 2.60. The van der Waals surface area contributed by atoms with E-state index in [4.69, 9.17) is 70.6 Å². The molecule has 8 aliphatic rings. The number of fused-ring (bicyclic) bond motifs is 4. The molecule has 26 heteroatoms. The van der Waals surface area contributed by atoms with Crippen molar-refractivity contribution >= 4 is 92.3 Å². The second-order valence-electron chi connectivity index (χ2n) is 33.3. The molecule has 4 aromatic rings. The van der Waals surface area contributed by atoms with E-state index >= 15 is 0 Å². The van der Waals surface area contributed by atoms with Crippen LogP contribution in [0.4, 0.5) is 0 Å². The largest absolute Gasteiger partial charge is 0.490 e. The van der Waals surface area contributed by atoms with Crippen molar-refractivity contribution in [2.45, 2.75) is 217 Å². The van der Waals surface area contributed by atoms with Gasteiger partial charge in [-0.1, -0.05) is 106 Å². The van der Waals surface area contributed by atoms with Gasteiger partial charge in [-0.2, -0.15) is 0 Å². The van der Waals surface area contributed by atoms with E-state index in [9.17, 15) is 48.3 Å². The normalized spacial score (nSPS) is 27.2. The first-order valence-corrected chi connectivity index (χ1v) is 39.5. The molecular weight excluding hydrogens is 1440 g/mol. The molecule has 2 aromatic heterocycles. The van der Waals surface area contributed by atoms with E-state index in [1.807, 2.05) is 76.2 Å². The highest BCUT2D eigenvalue weighted by Gasteiger charge is 2.63. The monoisotopic (exact) mass is 1560 g/mol. The zero-order valence-electron chi connectivity index (χ0n) is 65.3. The minimum Gasteiger partial charge on any atom is -0.490 e. The molecule has 4 heterocycles. The van der Waals surface area contributed by atoms with Crippen molar-refractivity contribution < 1.29 is 90.8 Å². The van der Waals surface area contributed by atoms with Crippen LogP contribution in [0, 0.1) is 74.9 Å². The van der Waals surface area contributed by atoms with Crippen LogP contribution in [0.3, 0.4) is 0 Å². The summed E-state index contributed by atoms with van der Waals surface area (Å²) in [6, 6.07) is 8.44. The van der Waals surface area contributed by atoms with Crippen LogP contribution < -0.4 is 29.1 Å². The number of ketones is 2. The van der Waals surface area contributed by atoms with Crippen LogP contribution >= 0.6 is 23.2 Å². The summed E-state index contributed by atoms with van der Waals surface area (Å²) >= 11 is 13.1. The fraction of sp³-hybridized carbons (Fsp3) is 0.687. The summed E-state index contributed by atoms with van der Waals surface area (Å²) in [4.78, 5) is 130. The predicted molar refractivity (Wildman–Crippen MR) is 411 cm³/mol. The van der Waals surface area contributed by atoms with Gasteiger partial charge in [0, 0.05) is 62.9 Å². The van der Waals surface area contributed by atoms with Crippen molar-refractivity contribution in [3.05, 3.63) is 56.7 Å². The molecule has 2 N–H and O–H groups in total. The fourth-order valence-electron chi connectivity index (χ4n) is 17.1. The quantitative estimate of drug-likeness (QED) is 0.0261. The van der Waals surface area contributed by atoms with E-state index in [1.165, 1.54) is 30.9 Å². The molecule has 6 aliphatic carbocycles. The third kappa shape index (κ3) is 20.1. The number of aliphatic carboxylic acids is 1. The average molecular weight is 1560 g/mol. The molecule has 0 spiro atoms. The van der Waals surface area contributed by atoms with E-state index in [0.717, 1.165) is 43.9 Å². The number of H-pyrrole nitrogens is 1. The number of nitrogens with zero attached hydrogens (tertiary/aromatic N) is 3. The van der Waals surface area contributed by atoms with Crippen molar-refractivity contribution in [2.24, 2.45) is 74.9 Å². The van der Waals surface area contributed by atoms with Gasteiger partial charge < -0.3 is 67.3 Å². The first kappa shape index (κ1) is 85.7. The number of ether oxygens (including phenoxy) is 10. The average Bonchev–Trinajstić information content (AvgIpc) is 1.59.